The van der Waals surface area contributed by atoms with Gasteiger partial charge in [-0.2, -0.15) is 5.10 Å². The van der Waals surface area contributed by atoms with Gasteiger partial charge in [0, 0.05) is 29.5 Å². The molecule has 2 amide bonds. The van der Waals surface area contributed by atoms with Crippen molar-refractivity contribution in [3.8, 4) is 0 Å². The lowest BCUT2D eigenvalue weighted by Crippen LogP contribution is -2.33. The normalized spacial score (nSPS) is 26.1. The molecule has 114 valence electrons. The highest BCUT2D eigenvalue weighted by Gasteiger charge is 2.35. The molecule has 0 spiro atoms. The van der Waals surface area contributed by atoms with E-state index in [2.05, 4.69) is 15.5 Å². The Bertz CT molecular complexity index is 528. The van der Waals surface area contributed by atoms with E-state index >= 15 is 0 Å². The molecule has 1 heterocycles. The zero-order chi connectivity index (χ0) is 14.8. The summed E-state index contributed by atoms with van der Waals surface area (Å²) < 4.78 is 0. The molecule has 2 fully saturated rings. The summed E-state index contributed by atoms with van der Waals surface area (Å²) in [6.45, 7) is 0. The highest BCUT2D eigenvalue weighted by Crippen LogP contribution is 2.41. The highest BCUT2D eigenvalue weighted by atomic mass is 16.2. The number of nitrogens with two attached hydrogens (primary N) is 1. The topological polar surface area (TPSA) is 101 Å². The van der Waals surface area contributed by atoms with E-state index in [4.69, 9.17) is 5.73 Å². The predicted molar refractivity (Wildman–Crippen MR) is 78.5 cm³/mol. The second-order valence-corrected chi connectivity index (χ2v) is 6.30. The van der Waals surface area contributed by atoms with Crippen molar-refractivity contribution in [3.63, 3.8) is 0 Å². The molecule has 2 aliphatic carbocycles. The standard InChI is InChI=1S/C15H22N4O2/c16-14(20)11-6-10(7-11)12-8-13(19-18-12)17-15(21)9-4-2-1-3-5-9/h8-11H,1-7H2,(H2,16,20)(H2,17,18,19,21). The summed E-state index contributed by atoms with van der Waals surface area (Å²) in [4.78, 5) is 23.2. The Morgan fingerprint density at radius 2 is 1.90 bits per heavy atom. The quantitative estimate of drug-likeness (QED) is 0.789. The highest BCUT2D eigenvalue weighted by molar-refractivity contribution is 5.91. The number of primary amides is 1. The Morgan fingerprint density at radius 3 is 2.57 bits per heavy atom. The smallest absolute Gasteiger partial charge is 0.228 e. The molecule has 0 atom stereocenters. The largest absolute Gasteiger partial charge is 0.369 e. The third kappa shape index (κ3) is 3.09. The minimum absolute atomic E-state index is 0.0152. The molecular formula is C15H22N4O2. The fraction of sp³-hybridized carbons (Fsp3) is 0.667. The number of anilines is 1. The molecule has 2 saturated carbocycles. The monoisotopic (exact) mass is 290 g/mol. The molecule has 4 N–H and O–H groups in total. The van der Waals surface area contributed by atoms with E-state index in [0.717, 1.165) is 44.2 Å². The number of H-pyrrole nitrogens is 1. The summed E-state index contributed by atoms with van der Waals surface area (Å²) in [6.07, 6.45) is 7.01. The minimum Gasteiger partial charge on any atom is -0.369 e. The van der Waals surface area contributed by atoms with Gasteiger partial charge in [-0.05, 0) is 25.7 Å². The first-order valence-electron chi connectivity index (χ1n) is 7.79. The zero-order valence-electron chi connectivity index (χ0n) is 12.1. The van der Waals surface area contributed by atoms with E-state index in [1.165, 1.54) is 6.42 Å². The summed E-state index contributed by atoms with van der Waals surface area (Å²) >= 11 is 0. The number of amides is 2. The van der Waals surface area contributed by atoms with E-state index in [1.807, 2.05) is 6.07 Å². The van der Waals surface area contributed by atoms with Crippen LogP contribution < -0.4 is 11.1 Å². The van der Waals surface area contributed by atoms with Gasteiger partial charge in [-0.15, -0.1) is 0 Å². The lowest BCUT2D eigenvalue weighted by Gasteiger charge is -2.31. The van der Waals surface area contributed by atoms with Gasteiger partial charge in [0.1, 0.15) is 0 Å². The van der Waals surface area contributed by atoms with Crippen molar-refractivity contribution < 1.29 is 9.59 Å². The van der Waals surface area contributed by atoms with Crippen molar-refractivity contribution in [2.75, 3.05) is 5.32 Å². The molecule has 3 rings (SSSR count). The average Bonchev–Trinajstić information content (AvgIpc) is 2.85. The van der Waals surface area contributed by atoms with E-state index in [9.17, 15) is 9.59 Å². The molecule has 0 bridgehead atoms. The number of hydrogen-bond acceptors (Lipinski definition) is 3. The Kier molecular flexibility index (Phi) is 3.94. The van der Waals surface area contributed by atoms with Crippen LogP contribution >= 0.6 is 0 Å². The third-order valence-corrected chi connectivity index (χ3v) is 4.81. The Hall–Kier alpha value is -1.85. The van der Waals surface area contributed by atoms with Crippen LogP contribution in [0.25, 0.3) is 0 Å². The number of carbonyl (C=O) groups is 2. The molecule has 6 heteroatoms. The fourth-order valence-corrected chi connectivity index (χ4v) is 3.31. The number of nitrogens with one attached hydrogen (secondary N) is 2. The maximum absolute atomic E-state index is 12.1. The zero-order valence-corrected chi connectivity index (χ0v) is 12.1. The summed E-state index contributed by atoms with van der Waals surface area (Å²) in [5.41, 5.74) is 6.25. The van der Waals surface area contributed by atoms with E-state index in [1.54, 1.807) is 0 Å². The van der Waals surface area contributed by atoms with E-state index in [0.29, 0.717) is 11.7 Å². The van der Waals surface area contributed by atoms with Crippen LogP contribution in [0.2, 0.25) is 0 Å². The van der Waals surface area contributed by atoms with Gasteiger partial charge < -0.3 is 11.1 Å². The van der Waals surface area contributed by atoms with Gasteiger partial charge in [0.25, 0.3) is 0 Å². The lowest BCUT2D eigenvalue weighted by atomic mass is 9.73. The van der Waals surface area contributed by atoms with Gasteiger partial charge in [0.05, 0.1) is 0 Å². The number of nitrogens with zero attached hydrogens (tertiary/aromatic N) is 1. The van der Waals surface area contributed by atoms with Crippen molar-refractivity contribution in [2.45, 2.75) is 50.9 Å². The first-order chi connectivity index (χ1) is 10.1. The molecule has 6 nitrogen and oxygen atoms in total. The molecule has 2 aliphatic rings. The average molecular weight is 290 g/mol. The van der Waals surface area contributed by atoms with Gasteiger partial charge in [0.2, 0.25) is 11.8 Å². The van der Waals surface area contributed by atoms with Crippen LogP contribution in [0.5, 0.6) is 0 Å². The molecular weight excluding hydrogens is 268 g/mol. The number of aromatic nitrogens is 2. The Labute approximate surface area is 123 Å². The van der Waals surface area contributed by atoms with Gasteiger partial charge >= 0.3 is 0 Å². The van der Waals surface area contributed by atoms with Crippen LogP contribution in [0.4, 0.5) is 5.82 Å². The van der Waals surface area contributed by atoms with Crippen molar-refractivity contribution in [1.82, 2.24) is 10.2 Å². The second kappa shape index (κ2) is 5.87. The van der Waals surface area contributed by atoms with Crippen LogP contribution in [0, 0.1) is 11.8 Å². The first kappa shape index (κ1) is 14.1. The molecule has 1 aromatic rings. The molecule has 0 unspecified atom stereocenters. The number of rotatable bonds is 4. The third-order valence-electron chi connectivity index (χ3n) is 4.81. The van der Waals surface area contributed by atoms with Crippen LogP contribution in [-0.2, 0) is 9.59 Å². The van der Waals surface area contributed by atoms with Crippen molar-refractivity contribution in [2.24, 2.45) is 17.6 Å². The summed E-state index contributed by atoms with van der Waals surface area (Å²) in [5.74, 6) is 0.854. The van der Waals surface area contributed by atoms with Crippen molar-refractivity contribution >= 4 is 17.6 Å². The summed E-state index contributed by atoms with van der Waals surface area (Å²) in [7, 11) is 0. The van der Waals surface area contributed by atoms with Gasteiger partial charge in [-0.1, -0.05) is 19.3 Å². The predicted octanol–water partition coefficient (Wildman–Crippen LogP) is 1.91. The fourth-order valence-electron chi connectivity index (χ4n) is 3.31. The van der Waals surface area contributed by atoms with Crippen LogP contribution in [-0.4, -0.2) is 22.0 Å². The van der Waals surface area contributed by atoms with E-state index in [-0.39, 0.29) is 23.7 Å². The van der Waals surface area contributed by atoms with Gasteiger partial charge in [0.15, 0.2) is 5.82 Å². The van der Waals surface area contributed by atoms with Crippen molar-refractivity contribution in [3.05, 3.63) is 11.8 Å². The maximum atomic E-state index is 12.1. The van der Waals surface area contributed by atoms with Crippen LogP contribution in [0.15, 0.2) is 6.07 Å². The van der Waals surface area contributed by atoms with Crippen LogP contribution in [0.3, 0.4) is 0 Å². The molecule has 0 saturated heterocycles. The summed E-state index contributed by atoms with van der Waals surface area (Å²) in [6, 6.07) is 1.88. The molecule has 0 aliphatic heterocycles. The maximum Gasteiger partial charge on any atom is 0.228 e. The molecule has 0 aromatic carbocycles. The lowest BCUT2D eigenvalue weighted by molar-refractivity contribution is -0.124. The van der Waals surface area contributed by atoms with Gasteiger partial charge in [-0.3, -0.25) is 14.7 Å². The van der Waals surface area contributed by atoms with Crippen molar-refractivity contribution in [1.29, 1.82) is 0 Å². The molecule has 1 aromatic heterocycles. The van der Waals surface area contributed by atoms with E-state index < -0.39 is 0 Å². The van der Waals surface area contributed by atoms with Crippen LogP contribution in [0.1, 0.15) is 56.6 Å². The minimum atomic E-state index is -0.225. The molecule has 21 heavy (non-hydrogen) atoms. The first-order valence-corrected chi connectivity index (χ1v) is 7.79. The number of carbonyl (C=O) groups excluding carboxylic acids is 2. The second-order valence-electron chi connectivity index (χ2n) is 6.30. The number of hydrogen-bond donors (Lipinski definition) is 3. The SMILES string of the molecule is NC(=O)C1CC(c2cc(NC(=O)C3CCCCC3)n[nH]2)C1. The number of aromatic amines is 1. The molecule has 0 radical (unpaired) electrons. The Morgan fingerprint density at radius 1 is 1.19 bits per heavy atom. The Balaban J connectivity index is 1.53. The van der Waals surface area contributed by atoms with Gasteiger partial charge in [-0.25, -0.2) is 0 Å². The summed E-state index contributed by atoms with van der Waals surface area (Å²) in [5, 5.41) is 10.0.